The number of hydrogen-bond acceptors (Lipinski definition) is 5. The summed E-state index contributed by atoms with van der Waals surface area (Å²) in [7, 11) is 1.51. The average molecular weight is 279 g/mol. The van der Waals surface area contributed by atoms with Crippen molar-refractivity contribution in [2.45, 2.75) is 13.0 Å². The van der Waals surface area contributed by atoms with Crippen LogP contribution in [0.25, 0.3) is 0 Å². The van der Waals surface area contributed by atoms with E-state index in [0.29, 0.717) is 11.3 Å². The first kappa shape index (κ1) is 14.5. The molecule has 0 bridgehead atoms. The van der Waals surface area contributed by atoms with Crippen LogP contribution in [0.3, 0.4) is 0 Å². The summed E-state index contributed by atoms with van der Waals surface area (Å²) in [5.74, 6) is -0.352. The van der Waals surface area contributed by atoms with Gasteiger partial charge in [-0.2, -0.15) is 0 Å². The first-order valence-electron chi connectivity index (χ1n) is 6.26. The molecule has 1 aliphatic heterocycles. The molecule has 0 aromatic heterocycles. The Bertz CT molecular complexity index is 512. The highest BCUT2D eigenvalue weighted by atomic mass is 16.5. The van der Waals surface area contributed by atoms with Gasteiger partial charge in [0.05, 0.1) is 13.7 Å². The molecule has 6 heteroatoms. The predicted octanol–water partition coefficient (Wildman–Crippen LogP) is 0.422. The Hall–Kier alpha value is -1.92. The van der Waals surface area contributed by atoms with Gasteiger partial charge in [0.25, 0.3) is 11.8 Å². The summed E-state index contributed by atoms with van der Waals surface area (Å²) in [6.45, 7) is 1.52. The van der Waals surface area contributed by atoms with Gasteiger partial charge in [-0.1, -0.05) is 11.6 Å². The molecule has 6 nitrogen and oxygen atoms in total. The van der Waals surface area contributed by atoms with Crippen LogP contribution in [-0.2, 0) is 14.3 Å². The molecule has 1 aromatic carbocycles. The summed E-state index contributed by atoms with van der Waals surface area (Å²) < 4.78 is 10.0. The number of hydrogen-bond donors (Lipinski definition) is 1. The van der Waals surface area contributed by atoms with E-state index in [1.165, 1.54) is 7.11 Å². The Morgan fingerprint density at radius 3 is 2.60 bits per heavy atom. The fraction of sp³-hybridized carbons (Fsp3) is 0.429. The minimum Gasteiger partial charge on any atom is -0.496 e. The Morgan fingerprint density at radius 1 is 1.35 bits per heavy atom. The molecule has 1 heterocycles. The Balaban J connectivity index is 2.19. The monoisotopic (exact) mass is 279 g/mol. The summed E-state index contributed by atoms with van der Waals surface area (Å²) in [4.78, 5) is 24.3. The normalized spacial score (nSPS) is 17.2. The highest BCUT2D eigenvalue weighted by molar-refractivity contribution is 5.98. The quantitative estimate of drug-likeness (QED) is 0.808. The third kappa shape index (κ3) is 2.97. The molecule has 0 aliphatic carbocycles. The lowest BCUT2D eigenvalue weighted by molar-refractivity contribution is -0.160. The van der Waals surface area contributed by atoms with Crippen LogP contribution in [0.2, 0.25) is 0 Å². The molecule has 1 saturated heterocycles. The maximum absolute atomic E-state index is 11.6. The lowest BCUT2D eigenvalue weighted by Gasteiger charge is -2.27. The number of carbonyl (C=O) groups is 2. The summed E-state index contributed by atoms with van der Waals surface area (Å²) >= 11 is 0. The predicted molar refractivity (Wildman–Crippen MR) is 70.2 cm³/mol. The molecule has 1 unspecified atom stereocenters. The van der Waals surface area contributed by atoms with Crippen molar-refractivity contribution in [3.63, 3.8) is 0 Å². The van der Waals surface area contributed by atoms with Crippen LogP contribution in [0, 0.1) is 6.92 Å². The number of methoxy groups -OCH3 is 1. The van der Waals surface area contributed by atoms with E-state index in [0.717, 1.165) is 10.5 Å². The largest absolute Gasteiger partial charge is 0.496 e. The minimum absolute atomic E-state index is 0.0964. The van der Waals surface area contributed by atoms with Crippen LogP contribution in [0.4, 0.5) is 0 Å². The second-order valence-corrected chi connectivity index (χ2v) is 4.65. The van der Waals surface area contributed by atoms with Gasteiger partial charge in [0.1, 0.15) is 25.1 Å². The molecule has 2 rings (SSSR count). The van der Waals surface area contributed by atoms with Crippen LogP contribution < -0.4 is 4.74 Å². The van der Waals surface area contributed by atoms with E-state index in [-0.39, 0.29) is 19.8 Å². The van der Waals surface area contributed by atoms with Gasteiger partial charge in [-0.05, 0) is 19.1 Å². The molecule has 1 fully saturated rings. The summed E-state index contributed by atoms with van der Waals surface area (Å²) in [6.07, 6.45) is -0.990. The van der Waals surface area contributed by atoms with E-state index in [2.05, 4.69) is 0 Å². The zero-order valence-corrected chi connectivity index (χ0v) is 11.5. The number of rotatable bonds is 4. The Labute approximate surface area is 116 Å². The van der Waals surface area contributed by atoms with E-state index in [1.54, 1.807) is 12.1 Å². The number of morpholine rings is 1. The number of amides is 2. The van der Waals surface area contributed by atoms with Crippen molar-refractivity contribution in [1.29, 1.82) is 0 Å². The molecule has 2 amide bonds. The third-order valence-electron chi connectivity index (χ3n) is 3.15. The van der Waals surface area contributed by atoms with E-state index in [9.17, 15) is 14.7 Å². The molecule has 1 aromatic rings. The van der Waals surface area contributed by atoms with Crippen molar-refractivity contribution < 1.29 is 24.2 Å². The first-order valence-corrected chi connectivity index (χ1v) is 6.26. The Kier molecular flexibility index (Phi) is 4.36. The SMILES string of the molecule is COc1ccc(C)cc1C(O)CN1C(=O)COCC1=O. The van der Waals surface area contributed by atoms with Crippen molar-refractivity contribution in [1.82, 2.24) is 4.90 Å². The number of imide groups is 1. The molecule has 0 spiro atoms. The van der Waals surface area contributed by atoms with E-state index in [1.807, 2.05) is 13.0 Å². The molecular weight excluding hydrogens is 262 g/mol. The molecule has 1 N–H and O–H groups in total. The zero-order chi connectivity index (χ0) is 14.7. The number of aryl methyl sites for hydroxylation is 1. The van der Waals surface area contributed by atoms with Gasteiger partial charge < -0.3 is 14.6 Å². The van der Waals surface area contributed by atoms with Gasteiger partial charge in [0, 0.05) is 5.56 Å². The number of benzene rings is 1. The van der Waals surface area contributed by atoms with Crippen LogP contribution in [0.15, 0.2) is 18.2 Å². The lowest BCUT2D eigenvalue weighted by Crippen LogP contribution is -2.47. The Morgan fingerprint density at radius 2 is 2.00 bits per heavy atom. The van der Waals surface area contributed by atoms with Gasteiger partial charge >= 0.3 is 0 Å². The van der Waals surface area contributed by atoms with Crippen LogP contribution in [-0.4, -0.2) is 48.7 Å². The van der Waals surface area contributed by atoms with Crippen LogP contribution >= 0.6 is 0 Å². The number of nitrogens with zero attached hydrogens (tertiary/aromatic N) is 1. The lowest BCUT2D eigenvalue weighted by atomic mass is 10.0. The van der Waals surface area contributed by atoms with Crippen molar-refractivity contribution in [3.8, 4) is 5.75 Å². The van der Waals surface area contributed by atoms with Gasteiger partial charge in [-0.15, -0.1) is 0 Å². The van der Waals surface area contributed by atoms with Crippen molar-refractivity contribution in [2.75, 3.05) is 26.9 Å². The topological polar surface area (TPSA) is 76.1 Å². The van der Waals surface area contributed by atoms with Gasteiger partial charge in [0.2, 0.25) is 0 Å². The average Bonchev–Trinajstić information content (AvgIpc) is 2.43. The van der Waals surface area contributed by atoms with Crippen LogP contribution in [0.1, 0.15) is 17.2 Å². The highest BCUT2D eigenvalue weighted by Gasteiger charge is 2.29. The fourth-order valence-corrected chi connectivity index (χ4v) is 2.11. The van der Waals surface area contributed by atoms with Gasteiger partial charge in [0.15, 0.2) is 0 Å². The summed E-state index contributed by atoms with van der Waals surface area (Å²) in [5.41, 5.74) is 1.51. The van der Waals surface area contributed by atoms with Crippen LogP contribution in [0.5, 0.6) is 5.75 Å². The van der Waals surface area contributed by atoms with Gasteiger partial charge in [-0.25, -0.2) is 0 Å². The number of β-amino-alcohol motifs (C(OH)–C–C–N with tert-alkyl or cyclic N) is 1. The number of aliphatic hydroxyl groups excluding tert-OH is 1. The molecular formula is C14H17NO5. The van der Waals surface area contributed by atoms with Crippen molar-refractivity contribution in [2.24, 2.45) is 0 Å². The molecule has 0 saturated carbocycles. The third-order valence-corrected chi connectivity index (χ3v) is 3.15. The summed E-state index contributed by atoms with van der Waals surface area (Å²) in [6, 6.07) is 5.38. The maximum Gasteiger partial charge on any atom is 0.255 e. The van der Waals surface area contributed by atoms with Crippen molar-refractivity contribution in [3.05, 3.63) is 29.3 Å². The maximum atomic E-state index is 11.6. The summed E-state index contributed by atoms with van der Waals surface area (Å²) in [5, 5.41) is 10.3. The standard InChI is InChI=1S/C14H17NO5/c1-9-3-4-12(19-2)10(5-9)11(16)6-15-13(17)7-20-8-14(15)18/h3-5,11,16H,6-8H2,1-2H3. The first-order chi connectivity index (χ1) is 9.52. The molecule has 108 valence electrons. The zero-order valence-electron chi connectivity index (χ0n) is 11.5. The molecule has 1 atom stereocenters. The second kappa shape index (κ2) is 6.02. The van der Waals surface area contributed by atoms with E-state index < -0.39 is 17.9 Å². The number of aliphatic hydroxyl groups is 1. The molecule has 20 heavy (non-hydrogen) atoms. The minimum atomic E-state index is -0.990. The molecule has 1 aliphatic rings. The highest BCUT2D eigenvalue weighted by Crippen LogP contribution is 2.27. The smallest absolute Gasteiger partial charge is 0.255 e. The van der Waals surface area contributed by atoms with E-state index in [4.69, 9.17) is 9.47 Å². The fourth-order valence-electron chi connectivity index (χ4n) is 2.11. The van der Waals surface area contributed by atoms with Crippen molar-refractivity contribution >= 4 is 11.8 Å². The number of ether oxygens (including phenoxy) is 2. The van der Waals surface area contributed by atoms with E-state index >= 15 is 0 Å². The molecule has 0 radical (unpaired) electrons. The number of carbonyl (C=O) groups excluding carboxylic acids is 2. The van der Waals surface area contributed by atoms with Gasteiger partial charge in [-0.3, -0.25) is 14.5 Å². The second-order valence-electron chi connectivity index (χ2n) is 4.65.